The van der Waals surface area contributed by atoms with Crippen molar-refractivity contribution >= 4 is 29.0 Å². The number of nitrogens with zero attached hydrogens (tertiary/aromatic N) is 4. The van der Waals surface area contributed by atoms with E-state index in [1.165, 1.54) is 0 Å². The summed E-state index contributed by atoms with van der Waals surface area (Å²) in [5, 5.41) is 17.4. The van der Waals surface area contributed by atoms with Crippen LogP contribution in [0.1, 0.15) is 15.9 Å². The molecule has 0 saturated carbocycles. The van der Waals surface area contributed by atoms with E-state index in [0.29, 0.717) is 36.1 Å². The predicted molar refractivity (Wildman–Crippen MR) is 116 cm³/mol. The standard InChI is InChI=1S/C21H25N7O/c1-15-4-9-18(24-14-15)25-20-11-10-19(26-27-20)22-12-13-23-21(29)16-5-7-17(8-6-16)28(2)3/h4-11,14H,12-13H2,1-3H3,(H,22,26)(H,23,29)(H,24,25,27). The number of rotatable bonds is 8. The van der Waals surface area contributed by atoms with E-state index in [0.717, 1.165) is 11.3 Å². The second kappa shape index (κ2) is 9.50. The molecule has 3 aromatic rings. The maximum absolute atomic E-state index is 12.2. The van der Waals surface area contributed by atoms with Crippen LogP contribution >= 0.6 is 0 Å². The highest BCUT2D eigenvalue weighted by Crippen LogP contribution is 2.13. The topological polar surface area (TPSA) is 95.1 Å². The van der Waals surface area contributed by atoms with Crippen molar-refractivity contribution in [1.29, 1.82) is 0 Å². The van der Waals surface area contributed by atoms with Crippen molar-refractivity contribution in [2.75, 3.05) is 42.7 Å². The highest BCUT2D eigenvalue weighted by molar-refractivity contribution is 5.94. The van der Waals surface area contributed by atoms with Gasteiger partial charge in [-0.2, -0.15) is 0 Å². The quantitative estimate of drug-likeness (QED) is 0.508. The monoisotopic (exact) mass is 391 g/mol. The number of nitrogens with one attached hydrogen (secondary N) is 3. The highest BCUT2D eigenvalue weighted by Gasteiger charge is 2.05. The first-order valence-corrected chi connectivity index (χ1v) is 9.34. The molecule has 29 heavy (non-hydrogen) atoms. The average Bonchev–Trinajstić information content (AvgIpc) is 2.74. The van der Waals surface area contributed by atoms with E-state index in [1.807, 2.05) is 74.4 Å². The molecule has 1 aromatic carbocycles. The van der Waals surface area contributed by atoms with Crippen LogP contribution in [0.2, 0.25) is 0 Å². The zero-order chi connectivity index (χ0) is 20.6. The molecule has 0 aliphatic heterocycles. The fourth-order valence-electron chi connectivity index (χ4n) is 2.55. The molecule has 8 nitrogen and oxygen atoms in total. The van der Waals surface area contributed by atoms with E-state index >= 15 is 0 Å². The minimum Gasteiger partial charge on any atom is -0.378 e. The van der Waals surface area contributed by atoms with Crippen molar-refractivity contribution in [3.05, 3.63) is 65.9 Å². The highest BCUT2D eigenvalue weighted by atomic mass is 16.1. The fourth-order valence-corrected chi connectivity index (χ4v) is 2.55. The number of hydrogen-bond acceptors (Lipinski definition) is 7. The Kier molecular flexibility index (Phi) is 6.57. The Bertz CT molecular complexity index is 923. The maximum Gasteiger partial charge on any atom is 0.251 e. The van der Waals surface area contributed by atoms with Gasteiger partial charge in [0.15, 0.2) is 5.82 Å². The van der Waals surface area contributed by atoms with Crippen LogP contribution in [0.4, 0.5) is 23.1 Å². The summed E-state index contributed by atoms with van der Waals surface area (Å²) >= 11 is 0. The molecule has 8 heteroatoms. The van der Waals surface area contributed by atoms with Gasteiger partial charge in [-0.05, 0) is 55.0 Å². The van der Waals surface area contributed by atoms with E-state index in [1.54, 1.807) is 6.20 Å². The Morgan fingerprint density at radius 3 is 2.21 bits per heavy atom. The van der Waals surface area contributed by atoms with Gasteiger partial charge in [-0.3, -0.25) is 4.79 Å². The van der Waals surface area contributed by atoms with Crippen LogP contribution in [-0.2, 0) is 0 Å². The number of pyridine rings is 1. The smallest absolute Gasteiger partial charge is 0.251 e. The molecule has 3 N–H and O–H groups in total. The maximum atomic E-state index is 12.2. The van der Waals surface area contributed by atoms with Crippen molar-refractivity contribution in [3.8, 4) is 0 Å². The number of aromatic nitrogens is 3. The molecule has 0 aliphatic carbocycles. The van der Waals surface area contributed by atoms with Gasteiger partial charge < -0.3 is 20.9 Å². The lowest BCUT2D eigenvalue weighted by molar-refractivity contribution is 0.0955. The minimum absolute atomic E-state index is 0.103. The van der Waals surface area contributed by atoms with Gasteiger partial charge in [-0.15, -0.1) is 10.2 Å². The second-order valence-corrected chi connectivity index (χ2v) is 6.77. The zero-order valence-electron chi connectivity index (χ0n) is 16.8. The normalized spacial score (nSPS) is 10.3. The van der Waals surface area contributed by atoms with Crippen LogP contribution in [0.5, 0.6) is 0 Å². The number of benzene rings is 1. The van der Waals surface area contributed by atoms with Crippen molar-refractivity contribution in [1.82, 2.24) is 20.5 Å². The molecule has 2 heterocycles. The summed E-state index contributed by atoms with van der Waals surface area (Å²) in [6, 6.07) is 15.0. The summed E-state index contributed by atoms with van der Waals surface area (Å²) < 4.78 is 0. The summed E-state index contributed by atoms with van der Waals surface area (Å²) in [7, 11) is 3.93. The third kappa shape index (κ3) is 5.90. The largest absolute Gasteiger partial charge is 0.378 e. The first-order chi connectivity index (χ1) is 14.0. The molecule has 2 aromatic heterocycles. The number of carbonyl (C=O) groups is 1. The molecule has 0 spiro atoms. The third-order valence-electron chi connectivity index (χ3n) is 4.19. The van der Waals surface area contributed by atoms with Crippen LogP contribution < -0.4 is 20.9 Å². The molecular weight excluding hydrogens is 366 g/mol. The van der Waals surface area contributed by atoms with Crippen molar-refractivity contribution in [2.24, 2.45) is 0 Å². The average molecular weight is 391 g/mol. The molecule has 3 rings (SSSR count). The Morgan fingerprint density at radius 1 is 0.897 bits per heavy atom. The molecule has 0 unspecified atom stereocenters. The van der Waals surface area contributed by atoms with Crippen molar-refractivity contribution in [2.45, 2.75) is 6.92 Å². The number of hydrogen-bond donors (Lipinski definition) is 3. The summed E-state index contributed by atoms with van der Waals surface area (Å²) in [5.74, 6) is 1.86. The van der Waals surface area contributed by atoms with Gasteiger partial charge in [-0.25, -0.2) is 4.98 Å². The Balaban J connectivity index is 1.42. The fraction of sp³-hybridized carbons (Fsp3) is 0.238. The van der Waals surface area contributed by atoms with Crippen LogP contribution in [0, 0.1) is 6.92 Å². The molecule has 0 bridgehead atoms. The molecule has 0 fully saturated rings. The van der Waals surface area contributed by atoms with Gasteiger partial charge in [0, 0.05) is 44.6 Å². The van der Waals surface area contributed by atoms with E-state index in [2.05, 4.69) is 31.1 Å². The lowest BCUT2D eigenvalue weighted by Crippen LogP contribution is -2.29. The van der Waals surface area contributed by atoms with Crippen molar-refractivity contribution < 1.29 is 4.79 Å². The van der Waals surface area contributed by atoms with Gasteiger partial charge in [0.2, 0.25) is 0 Å². The second-order valence-electron chi connectivity index (χ2n) is 6.77. The Morgan fingerprint density at radius 2 is 1.59 bits per heavy atom. The molecule has 0 saturated heterocycles. The van der Waals surface area contributed by atoms with E-state index in [-0.39, 0.29) is 5.91 Å². The first kappa shape index (κ1) is 20.1. The van der Waals surface area contributed by atoms with Crippen molar-refractivity contribution in [3.63, 3.8) is 0 Å². The molecule has 150 valence electrons. The molecule has 0 atom stereocenters. The number of carbonyl (C=O) groups excluding carboxylic acids is 1. The van der Waals surface area contributed by atoms with E-state index in [4.69, 9.17) is 0 Å². The van der Waals surface area contributed by atoms with Crippen LogP contribution in [0.25, 0.3) is 0 Å². The van der Waals surface area contributed by atoms with Crippen LogP contribution in [-0.4, -0.2) is 48.3 Å². The lowest BCUT2D eigenvalue weighted by atomic mass is 10.2. The van der Waals surface area contributed by atoms with Gasteiger partial charge in [0.25, 0.3) is 5.91 Å². The van der Waals surface area contributed by atoms with Crippen LogP contribution in [0.3, 0.4) is 0 Å². The number of amides is 1. The minimum atomic E-state index is -0.103. The number of aryl methyl sites for hydroxylation is 1. The Hall–Kier alpha value is -3.68. The summed E-state index contributed by atoms with van der Waals surface area (Å²) in [6.45, 7) is 3.01. The zero-order valence-corrected chi connectivity index (χ0v) is 16.8. The molecule has 1 amide bonds. The van der Waals surface area contributed by atoms with E-state index < -0.39 is 0 Å². The SMILES string of the molecule is Cc1ccc(Nc2ccc(NCCNC(=O)c3ccc(N(C)C)cc3)nn2)nc1. The third-order valence-corrected chi connectivity index (χ3v) is 4.19. The van der Waals surface area contributed by atoms with Gasteiger partial charge >= 0.3 is 0 Å². The van der Waals surface area contributed by atoms with Gasteiger partial charge in [0.1, 0.15) is 11.6 Å². The van der Waals surface area contributed by atoms with Gasteiger partial charge in [0.05, 0.1) is 0 Å². The van der Waals surface area contributed by atoms with Gasteiger partial charge in [-0.1, -0.05) is 6.07 Å². The molecular formula is C21H25N7O. The predicted octanol–water partition coefficient (Wildman–Crippen LogP) is 2.83. The Labute approximate surface area is 170 Å². The summed E-state index contributed by atoms with van der Waals surface area (Å²) in [6.07, 6.45) is 1.79. The lowest BCUT2D eigenvalue weighted by Gasteiger charge is -2.12. The molecule has 0 aliphatic rings. The summed E-state index contributed by atoms with van der Waals surface area (Å²) in [4.78, 5) is 18.4. The molecule has 0 radical (unpaired) electrons. The number of anilines is 4. The first-order valence-electron chi connectivity index (χ1n) is 9.34. The summed E-state index contributed by atoms with van der Waals surface area (Å²) in [5.41, 5.74) is 2.78. The van der Waals surface area contributed by atoms with E-state index in [9.17, 15) is 4.79 Å². The van der Waals surface area contributed by atoms with Crippen LogP contribution in [0.15, 0.2) is 54.7 Å².